The maximum Gasteiger partial charge on any atom is 0.230 e. The topological polar surface area (TPSA) is 80.2 Å². The number of fused-ring (bicyclic) bond motifs is 1. The molecule has 2 aliphatic heterocycles. The van der Waals surface area contributed by atoms with Gasteiger partial charge in [-0.1, -0.05) is 0 Å². The molecule has 138 valence electrons. The summed E-state index contributed by atoms with van der Waals surface area (Å²) in [6.45, 7) is 7.91. The molecular weight excluding hydrogens is 342 g/mol. The van der Waals surface area contributed by atoms with Gasteiger partial charge in [0.25, 0.3) is 0 Å². The number of aliphatic imine (C=N–C) groups is 1. The summed E-state index contributed by atoms with van der Waals surface area (Å²) in [5.41, 5.74) is 0.862. The van der Waals surface area contributed by atoms with E-state index in [1.807, 2.05) is 39.2 Å². The third kappa shape index (κ3) is 4.18. The molecular formula is C17H25N3O4S. The summed E-state index contributed by atoms with van der Waals surface area (Å²) in [6.07, 6.45) is 3.82. The van der Waals surface area contributed by atoms with Crippen LogP contribution in [0.3, 0.4) is 0 Å². The van der Waals surface area contributed by atoms with Crippen LogP contribution in [-0.2, 0) is 10.0 Å². The molecule has 25 heavy (non-hydrogen) atoms. The van der Waals surface area contributed by atoms with Gasteiger partial charge in [0.2, 0.25) is 10.0 Å². The lowest BCUT2D eigenvalue weighted by atomic mass is 9.98. The van der Waals surface area contributed by atoms with Gasteiger partial charge in [-0.15, -0.1) is 0 Å². The zero-order valence-corrected chi connectivity index (χ0v) is 15.9. The first kappa shape index (κ1) is 17.8. The second kappa shape index (κ2) is 6.40. The number of rotatable bonds is 4. The number of nitrogens with zero attached hydrogens (tertiary/aromatic N) is 2. The number of ether oxygens (including phenoxy) is 2. The second-order valence-electron chi connectivity index (χ2n) is 7.36. The van der Waals surface area contributed by atoms with Crippen molar-refractivity contribution in [3.05, 3.63) is 17.7 Å². The maximum absolute atomic E-state index is 11.9. The highest BCUT2D eigenvalue weighted by Crippen LogP contribution is 2.46. The Morgan fingerprint density at radius 3 is 2.72 bits per heavy atom. The first-order valence-electron chi connectivity index (χ1n) is 8.36. The molecule has 1 aromatic carbocycles. The minimum atomic E-state index is -3.48. The number of sulfonamides is 1. The summed E-state index contributed by atoms with van der Waals surface area (Å²) >= 11 is 0. The molecule has 2 aliphatic rings. The Morgan fingerprint density at radius 1 is 1.36 bits per heavy atom. The molecule has 3 rings (SSSR count). The Kier molecular flexibility index (Phi) is 4.57. The zero-order chi connectivity index (χ0) is 18.2. The molecule has 0 saturated heterocycles. The third-order valence-corrected chi connectivity index (χ3v) is 4.54. The number of anilines is 1. The van der Waals surface area contributed by atoms with Crippen LogP contribution in [0.25, 0.3) is 0 Å². The fourth-order valence-electron chi connectivity index (χ4n) is 3.10. The van der Waals surface area contributed by atoms with Crippen molar-refractivity contribution in [2.45, 2.75) is 38.8 Å². The van der Waals surface area contributed by atoms with Crippen molar-refractivity contribution >= 4 is 22.0 Å². The van der Waals surface area contributed by atoms with Gasteiger partial charge in [0.05, 0.1) is 31.8 Å². The molecule has 0 fully saturated rings. The number of hydrogen-bond donors (Lipinski definition) is 1. The van der Waals surface area contributed by atoms with E-state index in [0.717, 1.165) is 31.3 Å². The predicted octanol–water partition coefficient (Wildman–Crippen LogP) is 2.40. The largest absolute Gasteiger partial charge is 0.491 e. The Hall–Kier alpha value is -1.96. The standard InChI is InChI=1S/C17H25N3O4S/c1-17(2,3)24-14-6-5-12-13(20-9-8-18-11-20)7-10-23-16(12)15(14)19-25(4,21)22/h5-6,11,13,19H,7-10H2,1-4H3. The first-order chi connectivity index (χ1) is 11.6. The van der Waals surface area contributed by atoms with Crippen molar-refractivity contribution in [1.82, 2.24) is 4.90 Å². The van der Waals surface area contributed by atoms with E-state index in [1.54, 1.807) is 0 Å². The first-order valence-corrected chi connectivity index (χ1v) is 10.3. The van der Waals surface area contributed by atoms with Gasteiger partial charge < -0.3 is 14.4 Å². The fraction of sp³-hybridized carbons (Fsp3) is 0.588. The van der Waals surface area contributed by atoms with E-state index in [9.17, 15) is 8.42 Å². The van der Waals surface area contributed by atoms with E-state index in [4.69, 9.17) is 9.47 Å². The van der Waals surface area contributed by atoms with Gasteiger partial charge in [-0.3, -0.25) is 9.71 Å². The van der Waals surface area contributed by atoms with Crippen molar-refractivity contribution in [3.63, 3.8) is 0 Å². The molecule has 0 spiro atoms. The SMILES string of the molecule is CC(C)(C)Oc1ccc2c(c1NS(C)(=O)=O)OCCC2N1C=NCC1. The number of nitrogens with one attached hydrogen (secondary N) is 1. The minimum Gasteiger partial charge on any atom is -0.491 e. The Morgan fingerprint density at radius 2 is 2.12 bits per heavy atom. The van der Waals surface area contributed by atoms with Crippen LogP contribution < -0.4 is 14.2 Å². The highest BCUT2D eigenvalue weighted by atomic mass is 32.2. The van der Waals surface area contributed by atoms with Gasteiger partial charge in [0, 0.05) is 18.5 Å². The molecule has 0 aromatic heterocycles. The van der Waals surface area contributed by atoms with E-state index in [-0.39, 0.29) is 6.04 Å². The highest BCUT2D eigenvalue weighted by molar-refractivity contribution is 7.92. The predicted molar refractivity (Wildman–Crippen MR) is 98.2 cm³/mol. The van der Waals surface area contributed by atoms with Crippen LogP contribution in [-0.4, -0.2) is 51.2 Å². The van der Waals surface area contributed by atoms with Crippen LogP contribution in [0, 0.1) is 0 Å². The number of hydrogen-bond acceptors (Lipinski definition) is 6. The Labute approximate surface area is 149 Å². The van der Waals surface area contributed by atoms with Gasteiger partial charge in [-0.2, -0.15) is 0 Å². The van der Waals surface area contributed by atoms with Crippen LogP contribution in [0.2, 0.25) is 0 Å². The normalized spacial score (nSPS) is 20.2. The third-order valence-electron chi connectivity index (χ3n) is 3.97. The van der Waals surface area contributed by atoms with Crippen LogP contribution in [0.4, 0.5) is 5.69 Å². The van der Waals surface area contributed by atoms with Gasteiger partial charge >= 0.3 is 0 Å². The Bertz CT molecular complexity index is 784. The molecule has 1 unspecified atom stereocenters. The lowest BCUT2D eigenvalue weighted by molar-refractivity contribution is 0.130. The summed E-state index contributed by atoms with van der Waals surface area (Å²) in [5.74, 6) is 1.01. The molecule has 8 heteroatoms. The monoisotopic (exact) mass is 367 g/mol. The second-order valence-corrected chi connectivity index (χ2v) is 9.11. The van der Waals surface area contributed by atoms with Crippen LogP contribution in [0.5, 0.6) is 11.5 Å². The summed E-state index contributed by atoms with van der Waals surface area (Å²) < 4.78 is 38.2. The molecule has 1 N–H and O–H groups in total. The average molecular weight is 367 g/mol. The molecule has 1 atom stereocenters. The molecule has 7 nitrogen and oxygen atoms in total. The molecule has 0 saturated carbocycles. The fourth-order valence-corrected chi connectivity index (χ4v) is 3.66. The van der Waals surface area contributed by atoms with Crippen LogP contribution >= 0.6 is 0 Å². The molecule has 0 radical (unpaired) electrons. The molecule has 2 heterocycles. The van der Waals surface area contributed by atoms with Gasteiger partial charge in [-0.25, -0.2) is 8.42 Å². The van der Waals surface area contributed by atoms with E-state index in [1.165, 1.54) is 0 Å². The lowest BCUT2D eigenvalue weighted by Gasteiger charge is -2.34. The van der Waals surface area contributed by atoms with E-state index < -0.39 is 15.6 Å². The quantitative estimate of drug-likeness (QED) is 0.884. The minimum absolute atomic E-state index is 0.124. The van der Waals surface area contributed by atoms with Crippen LogP contribution in [0.1, 0.15) is 38.8 Å². The molecule has 0 aliphatic carbocycles. The summed E-state index contributed by atoms with van der Waals surface area (Å²) in [5, 5.41) is 0. The molecule has 0 amide bonds. The van der Waals surface area contributed by atoms with Gasteiger partial charge in [0.15, 0.2) is 5.75 Å². The zero-order valence-electron chi connectivity index (χ0n) is 15.1. The maximum atomic E-state index is 11.9. The van der Waals surface area contributed by atoms with Crippen molar-refractivity contribution in [2.75, 3.05) is 30.7 Å². The molecule has 1 aromatic rings. The summed E-state index contributed by atoms with van der Waals surface area (Å²) in [6, 6.07) is 3.89. The van der Waals surface area contributed by atoms with Crippen molar-refractivity contribution in [1.29, 1.82) is 0 Å². The van der Waals surface area contributed by atoms with E-state index >= 15 is 0 Å². The Balaban J connectivity index is 2.07. The van der Waals surface area contributed by atoms with Gasteiger partial charge in [-0.05, 0) is 32.9 Å². The van der Waals surface area contributed by atoms with Crippen LogP contribution in [0.15, 0.2) is 17.1 Å². The van der Waals surface area contributed by atoms with E-state index in [0.29, 0.717) is 23.8 Å². The van der Waals surface area contributed by atoms with E-state index in [2.05, 4.69) is 14.6 Å². The summed E-state index contributed by atoms with van der Waals surface area (Å²) in [4.78, 5) is 6.46. The highest BCUT2D eigenvalue weighted by Gasteiger charge is 2.31. The van der Waals surface area contributed by atoms with Crippen molar-refractivity contribution in [3.8, 4) is 11.5 Å². The summed E-state index contributed by atoms with van der Waals surface area (Å²) in [7, 11) is -3.48. The van der Waals surface area contributed by atoms with Crippen molar-refractivity contribution < 1.29 is 17.9 Å². The van der Waals surface area contributed by atoms with Gasteiger partial charge in [0.1, 0.15) is 17.0 Å². The smallest absolute Gasteiger partial charge is 0.230 e. The van der Waals surface area contributed by atoms with Crippen molar-refractivity contribution in [2.24, 2.45) is 4.99 Å². The number of benzene rings is 1. The average Bonchev–Trinajstić information content (AvgIpc) is 3.00. The molecule has 0 bridgehead atoms. The lowest BCUT2D eigenvalue weighted by Crippen LogP contribution is -2.31.